The molecule has 1 fully saturated rings. The number of hydrogen-bond donors (Lipinski definition) is 0. The van der Waals surface area contributed by atoms with Crippen LogP contribution in [0.1, 0.15) is 65.2 Å². The smallest absolute Gasteiger partial charge is 0.170 e. The van der Waals surface area contributed by atoms with Gasteiger partial charge in [-0.15, -0.1) is 0 Å². The number of quaternary nitrogens is 1. The number of allylic oxidation sites excluding steroid dienone is 2. The summed E-state index contributed by atoms with van der Waals surface area (Å²) in [7, 11) is 0. The van der Waals surface area contributed by atoms with Crippen molar-refractivity contribution in [3.05, 3.63) is 11.4 Å². The van der Waals surface area contributed by atoms with E-state index in [2.05, 4.69) is 13.8 Å². The zero-order valence-corrected chi connectivity index (χ0v) is 10.5. The van der Waals surface area contributed by atoms with Crippen LogP contribution in [0.25, 0.3) is 0 Å². The van der Waals surface area contributed by atoms with Crippen molar-refractivity contribution in [1.82, 2.24) is 0 Å². The van der Waals surface area contributed by atoms with Gasteiger partial charge in [0.25, 0.3) is 0 Å². The molecule has 0 aromatic heterocycles. The van der Waals surface area contributed by atoms with Crippen LogP contribution in [-0.2, 0) is 0 Å². The molecule has 0 aliphatic carbocycles. The van der Waals surface area contributed by atoms with Crippen LogP contribution in [-0.4, -0.2) is 17.6 Å². The lowest BCUT2D eigenvalue weighted by Gasteiger charge is -2.23. The maximum Gasteiger partial charge on any atom is 0.170 e. The molecular formula is C14H26N+. The van der Waals surface area contributed by atoms with E-state index in [-0.39, 0.29) is 0 Å². The van der Waals surface area contributed by atoms with Gasteiger partial charge in [0.2, 0.25) is 0 Å². The fraction of sp³-hybridized carbons (Fsp3) is 0.857. The number of rotatable bonds is 1. The van der Waals surface area contributed by atoms with Gasteiger partial charge in [-0.1, -0.05) is 26.2 Å². The van der Waals surface area contributed by atoms with Crippen molar-refractivity contribution >= 4 is 0 Å². The topological polar surface area (TPSA) is 0 Å². The van der Waals surface area contributed by atoms with Crippen molar-refractivity contribution in [2.45, 2.75) is 65.2 Å². The quantitative estimate of drug-likeness (QED) is 0.566. The predicted octanol–water partition coefficient (Wildman–Crippen LogP) is 4.20. The molecule has 1 heteroatoms. The monoisotopic (exact) mass is 208 g/mol. The zero-order valence-electron chi connectivity index (χ0n) is 10.5. The molecule has 1 saturated heterocycles. The van der Waals surface area contributed by atoms with Crippen molar-refractivity contribution in [3.63, 3.8) is 0 Å². The second-order valence-electron chi connectivity index (χ2n) is 5.28. The first-order valence-electron chi connectivity index (χ1n) is 6.89. The number of hydrogen-bond acceptors (Lipinski definition) is 0. The molecule has 2 aliphatic heterocycles. The van der Waals surface area contributed by atoms with E-state index in [0.717, 1.165) is 0 Å². The molecule has 0 saturated carbocycles. The van der Waals surface area contributed by atoms with Crippen molar-refractivity contribution in [2.24, 2.45) is 0 Å². The Bertz CT molecular complexity index is 242. The minimum atomic E-state index is 1.28. The minimum absolute atomic E-state index is 1.28. The maximum absolute atomic E-state index is 2.37. The van der Waals surface area contributed by atoms with E-state index in [1.807, 2.05) is 0 Å². The Kier molecular flexibility index (Phi) is 3.50. The highest BCUT2D eigenvalue weighted by Crippen LogP contribution is 2.46. The molecule has 2 aliphatic rings. The summed E-state index contributed by atoms with van der Waals surface area (Å²) in [4.78, 5) is 0. The van der Waals surface area contributed by atoms with E-state index < -0.39 is 0 Å². The van der Waals surface area contributed by atoms with Crippen LogP contribution in [0.5, 0.6) is 0 Å². The molecule has 86 valence electrons. The summed E-state index contributed by atoms with van der Waals surface area (Å²) in [5.41, 5.74) is 3.47. The first-order valence-corrected chi connectivity index (χ1v) is 6.89. The lowest BCUT2D eigenvalue weighted by Crippen LogP contribution is -2.32. The largest absolute Gasteiger partial charge is 0.257 e. The van der Waals surface area contributed by atoms with Crippen LogP contribution in [0.4, 0.5) is 0 Å². The Morgan fingerprint density at radius 2 is 1.33 bits per heavy atom. The third kappa shape index (κ3) is 2.13. The fourth-order valence-corrected chi connectivity index (χ4v) is 3.44. The van der Waals surface area contributed by atoms with Crippen LogP contribution >= 0.6 is 0 Å². The third-order valence-electron chi connectivity index (χ3n) is 4.44. The molecule has 0 aromatic carbocycles. The van der Waals surface area contributed by atoms with E-state index in [0.29, 0.717) is 0 Å². The normalized spacial score (nSPS) is 26.8. The van der Waals surface area contributed by atoms with Gasteiger partial charge in [0.1, 0.15) is 0 Å². The van der Waals surface area contributed by atoms with Gasteiger partial charge in [-0.3, -0.25) is 4.48 Å². The van der Waals surface area contributed by atoms with E-state index in [4.69, 9.17) is 0 Å². The van der Waals surface area contributed by atoms with Gasteiger partial charge in [0.15, 0.2) is 11.4 Å². The van der Waals surface area contributed by atoms with Crippen LogP contribution < -0.4 is 0 Å². The lowest BCUT2D eigenvalue weighted by atomic mass is 10.1. The molecule has 15 heavy (non-hydrogen) atoms. The molecule has 0 N–H and O–H groups in total. The molecule has 0 aromatic rings. The zero-order chi connectivity index (χ0) is 10.7. The average Bonchev–Trinajstić information content (AvgIpc) is 2.81. The SMILES string of the molecule is CCC1=C(C)[N+]12CCCCCCCCC2. The van der Waals surface area contributed by atoms with Gasteiger partial charge in [0, 0.05) is 13.3 Å². The van der Waals surface area contributed by atoms with Crippen molar-refractivity contribution in [2.75, 3.05) is 13.1 Å². The van der Waals surface area contributed by atoms with E-state index >= 15 is 0 Å². The van der Waals surface area contributed by atoms with Crippen LogP contribution in [0.2, 0.25) is 0 Å². The molecule has 0 unspecified atom stereocenters. The van der Waals surface area contributed by atoms with Crippen molar-refractivity contribution < 1.29 is 4.48 Å². The molecule has 1 nitrogen and oxygen atoms in total. The first-order chi connectivity index (χ1) is 7.31. The highest BCUT2D eigenvalue weighted by Gasteiger charge is 2.50. The third-order valence-corrected chi connectivity index (χ3v) is 4.44. The second-order valence-corrected chi connectivity index (χ2v) is 5.28. The fourth-order valence-electron chi connectivity index (χ4n) is 3.44. The van der Waals surface area contributed by atoms with Crippen LogP contribution in [0.3, 0.4) is 0 Å². The van der Waals surface area contributed by atoms with E-state index in [1.165, 1.54) is 68.9 Å². The van der Waals surface area contributed by atoms with Gasteiger partial charge >= 0.3 is 0 Å². The first kappa shape index (κ1) is 11.2. The molecule has 0 amide bonds. The molecule has 0 bridgehead atoms. The Hall–Kier alpha value is -0.300. The molecule has 2 rings (SSSR count). The van der Waals surface area contributed by atoms with Gasteiger partial charge in [-0.05, 0) is 25.7 Å². The summed E-state index contributed by atoms with van der Waals surface area (Å²) in [6.45, 7) is 7.51. The van der Waals surface area contributed by atoms with Gasteiger partial charge in [-0.25, -0.2) is 0 Å². The van der Waals surface area contributed by atoms with Crippen molar-refractivity contribution in [3.8, 4) is 0 Å². The van der Waals surface area contributed by atoms with Crippen molar-refractivity contribution in [1.29, 1.82) is 0 Å². The standard InChI is InChI=1S/C14H26N/c1-3-14-13(2)15(14)11-9-7-5-4-6-8-10-12-15/h3-12H2,1-2H3/q+1. The Morgan fingerprint density at radius 3 is 1.73 bits per heavy atom. The lowest BCUT2D eigenvalue weighted by molar-refractivity contribution is -0.789. The second kappa shape index (κ2) is 4.69. The van der Waals surface area contributed by atoms with Gasteiger partial charge in [-0.2, -0.15) is 0 Å². The highest BCUT2D eigenvalue weighted by atomic mass is 15.5. The minimum Gasteiger partial charge on any atom is -0.257 e. The molecule has 2 heterocycles. The molecule has 0 radical (unpaired) electrons. The predicted molar refractivity (Wildman–Crippen MR) is 65.3 cm³/mol. The van der Waals surface area contributed by atoms with Crippen LogP contribution in [0.15, 0.2) is 11.4 Å². The Balaban J connectivity index is 1.92. The van der Waals surface area contributed by atoms with E-state index in [1.54, 1.807) is 11.4 Å². The summed E-state index contributed by atoms with van der Waals surface area (Å²) in [6, 6.07) is 0. The summed E-state index contributed by atoms with van der Waals surface area (Å²) < 4.78 is 1.33. The average molecular weight is 208 g/mol. The Labute approximate surface area is 94.8 Å². The maximum atomic E-state index is 2.37. The summed E-state index contributed by atoms with van der Waals surface area (Å²) in [5, 5.41) is 0. The summed E-state index contributed by atoms with van der Waals surface area (Å²) in [5.74, 6) is 0. The van der Waals surface area contributed by atoms with Gasteiger partial charge in [0.05, 0.1) is 13.1 Å². The molecule has 0 atom stereocenters. The summed E-state index contributed by atoms with van der Waals surface area (Å²) >= 11 is 0. The molecular weight excluding hydrogens is 182 g/mol. The number of nitrogens with zero attached hydrogens (tertiary/aromatic N) is 1. The van der Waals surface area contributed by atoms with Crippen LogP contribution in [0, 0.1) is 0 Å². The highest BCUT2D eigenvalue weighted by molar-refractivity contribution is 5.15. The van der Waals surface area contributed by atoms with E-state index in [9.17, 15) is 0 Å². The van der Waals surface area contributed by atoms with Gasteiger partial charge < -0.3 is 0 Å². The Morgan fingerprint density at radius 1 is 0.867 bits per heavy atom. The molecule has 1 spiro atoms. The summed E-state index contributed by atoms with van der Waals surface area (Å²) in [6.07, 6.45) is 11.5.